The van der Waals surface area contributed by atoms with E-state index in [1.165, 1.54) is 141 Å². The molecule has 0 aromatic carbocycles. The van der Waals surface area contributed by atoms with E-state index in [0.717, 1.165) is 45.1 Å². The van der Waals surface area contributed by atoms with Gasteiger partial charge in [0, 0.05) is 0 Å². The number of carboxylic acid groups (broad SMARTS) is 1. The van der Waals surface area contributed by atoms with E-state index in [1.54, 1.807) is 0 Å². The molecule has 0 aliphatic heterocycles. The minimum Gasteiger partial charge on any atom is -0.481 e. The quantitative estimate of drug-likeness (QED) is 0.0539. The molecule has 0 rings (SSSR count). The molecule has 0 saturated carbocycles. The molecule has 0 spiro atoms. The molecular weight excluding hydrogens is 574 g/mol. The Hall–Kier alpha value is -1.61. The minimum absolute atomic E-state index is 0.175. The normalized spacial score (nSPS) is 13.1. The van der Waals surface area contributed by atoms with Crippen LogP contribution in [0.3, 0.4) is 0 Å². The first-order valence-corrected chi connectivity index (χ1v) is 20.5. The van der Waals surface area contributed by atoms with Crippen LogP contribution in [0, 0.1) is 11.8 Å². The topological polar surface area (TPSA) is 40.5 Å². The molecule has 0 aliphatic carbocycles. The monoisotopic (exact) mass is 656 g/mol. The number of unbranched alkanes of at least 4 members (excludes halogenated alkanes) is 18. The summed E-state index contributed by atoms with van der Waals surface area (Å²) in [6.45, 7) is 5.50. The maximum Gasteiger partial charge on any atom is 0.306 e. The summed E-state index contributed by atoms with van der Waals surface area (Å²) in [4.78, 5) is 14.5. The fourth-order valence-electron chi connectivity index (χ4n) is 6.52. The molecule has 0 aliphatic rings. The smallest absolute Gasteiger partial charge is 0.306 e. The molecule has 0 bridgehead atoms. The Morgan fingerprint density at radius 1 is 0.489 bits per heavy atom. The lowest BCUT2D eigenvalue weighted by molar-refractivity contribution is -0.144. The van der Waals surface area contributed by atoms with Gasteiger partial charge in [0.2, 0.25) is 0 Å². The molecule has 0 radical (unpaired) electrons. The lowest BCUT2D eigenvalue weighted by atomic mass is 9.81. The van der Waals surface area contributed by atoms with E-state index in [0.29, 0.717) is 5.92 Å². The minimum atomic E-state index is -0.561. The molecule has 1 atom stereocenters. The van der Waals surface area contributed by atoms with Crippen molar-refractivity contribution in [1.82, 2.24) is 4.90 Å². The number of carboxylic acids is 1. The van der Waals surface area contributed by atoms with Gasteiger partial charge in [-0.15, -0.1) is 0 Å². The summed E-state index contributed by atoms with van der Waals surface area (Å²) in [5.41, 5.74) is 0. The predicted molar refractivity (Wildman–Crippen MR) is 210 cm³/mol. The van der Waals surface area contributed by atoms with Gasteiger partial charge in [-0.1, -0.05) is 152 Å². The average Bonchev–Trinajstić information content (AvgIpc) is 3.05. The van der Waals surface area contributed by atoms with Crippen molar-refractivity contribution in [1.29, 1.82) is 0 Å². The summed E-state index contributed by atoms with van der Waals surface area (Å²) in [6, 6.07) is 0. The number of rotatable bonds is 36. The van der Waals surface area contributed by atoms with Gasteiger partial charge in [0.1, 0.15) is 0 Å². The number of nitrogens with zero attached hydrogens (tertiary/aromatic N) is 1. The third-order valence-corrected chi connectivity index (χ3v) is 9.56. The molecule has 3 heteroatoms. The SMILES string of the molecule is CCCCC/C=C\C/C=C\CCCCCCCCC(CCCCCCCC/C=C\C/C=C\CCCCC)C(CCCN(C)C)C(=O)O. The van der Waals surface area contributed by atoms with Gasteiger partial charge < -0.3 is 10.0 Å². The third-order valence-electron chi connectivity index (χ3n) is 9.56. The van der Waals surface area contributed by atoms with Gasteiger partial charge in [0.05, 0.1) is 5.92 Å². The molecule has 47 heavy (non-hydrogen) atoms. The van der Waals surface area contributed by atoms with E-state index >= 15 is 0 Å². The highest BCUT2D eigenvalue weighted by Gasteiger charge is 2.27. The maximum absolute atomic E-state index is 12.3. The number of carbonyl (C=O) groups is 1. The van der Waals surface area contributed by atoms with Crippen LogP contribution in [-0.4, -0.2) is 36.6 Å². The number of allylic oxidation sites excluding steroid dienone is 8. The Morgan fingerprint density at radius 2 is 0.851 bits per heavy atom. The zero-order chi connectivity index (χ0) is 34.5. The highest BCUT2D eigenvalue weighted by molar-refractivity contribution is 5.70. The van der Waals surface area contributed by atoms with Crippen LogP contribution in [0.1, 0.15) is 194 Å². The number of hydrogen-bond donors (Lipinski definition) is 1. The van der Waals surface area contributed by atoms with Crippen LogP contribution in [0.15, 0.2) is 48.6 Å². The maximum atomic E-state index is 12.3. The average molecular weight is 656 g/mol. The first-order chi connectivity index (χ1) is 23.0. The Kier molecular flexibility index (Phi) is 35.9. The van der Waals surface area contributed by atoms with Crippen molar-refractivity contribution in [3.8, 4) is 0 Å². The van der Waals surface area contributed by atoms with Gasteiger partial charge in [-0.25, -0.2) is 0 Å². The Balaban J connectivity index is 4.22. The standard InChI is InChI=1S/C44H81NO2/c1-5-7-9-11-13-15-17-19-21-23-25-27-29-31-33-35-38-42(43(44(46)47)40-37-41-45(3)4)39-36-34-32-30-28-26-24-22-20-18-16-14-12-10-8-6-2/h13-16,19-22,42-43H,5-12,17-18,23-41H2,1-4H3,(H,46,47)/b15-13-,16-14-,21-19-,22-20-. The van der Waals surface area contributed by atoms with Crippen LogP contribution >= 0.6 is 0 Å². The molecule has 0 aromatic heterocycles. The molecule has 0 amide bonds. The molecular formula is C44H81NO2. The second-order valence-corrected chi connectivity index (χ2v) is 14.4. The second kappa shape index (κ2) is 37.2. The summed E-state index contributed by atoms with van der Waals surface area (Å²) >= 11 is 0. The van der Waals surface area contributed by atoms with Gasteiger partial charge in [-0.2, -0.15) is 0 Å². The van der Waals surface area contributed by atoms with E-state index in [-0.39, 0.29) is 5.92 Å². The second-order valence-electron chi connectivity index (χ2n) is 14.4. The fraction of sp³-hybridized carbons (Fsp3) is 0.795. The van der Waals surface area contributed by atoms with Gasteiger partial charge in [0.15, 0.2) is 0 Å². The lowest BCUT2D eigenvalue weighted by Gasteiger charge is -2.25. The molecule has 1 unspecified atom stereocenters. The zero-order valence-electron chi connectivity index (χ0n) is 32.1. The van der Waals surface area contributed by atoms with E-state index in [4.69, 9.17) is 0 Å². The van der Waals surface area contributed by atoms with E-state index < -0.39 is 5.97 Å². The fourth-order valence-corrected chi connectivity index (χ4v) is 6.52. The highest BCUT2D eigenvalue weighted by atomic mass is 16.4. The van der Waals surface area contributed by atoms with Crippen molar-refractivity contribution < 1.29 is 9.90 Å². The van der Waals surface area contributed by atoms with Crippen LogP contribution < -0.4 is 0 Å². The van der Waals surface area contributed by atoms with Crippen molar-refractivity contribution in [2.45, 2.75) is 194 Å². The Labute approximate surface area is 294 Å². The van der Waals surface area contributed by atoms with Crippen molar-refractivity contribution in [3.05, 3.63) is 48.6 Å². The lowest BCUT2D eigenvalue weighted by Crippen LogP contribution is -2.25. The molecule has 0 heterocycles. The van der Waals surface area contributed by atoms with E-state index in [2.05, 4.69) is 81.5 Å². The first kappa shape index (κ1) is 45.4. The molecule has 0 aromatic rings. The Morgan fingerprint density at radius 3 is 1.21 bits per heavy atom. The van der Waals surface area contributed by atoms with Crippen LogP contribution in [0.4, 0.5) is 0 Å². The van der Waals surface area contributed by atoms with Gasteiger partial charge in [-0.05, 0) is 116 Å². The highest BCUT2D eigenvalue weighted by Crippen LogP contribution is 2.30. The van der Waals surface area contributed by atoms with Crippen LogP contribution in [-0.2, 0) is 4.79 Å². The zero-order valence-corrected chi connectivity index (χ0v) is 32.1. The van der Waals surface area contributed by atoms with E-state index in [1.807, 2.05) is 0 Å². The number of aliphatic carboxylic acids is 1. The summed E-state index contributed by atoms with van der Waals surface area (Å²) < 4.78 is 0. The summed E-state index contributed by atoms with van der Waals surface area (Å²) in [6.07, 6.45) is 52.9. The molecule has 0 saturated heterocycles. The summed E-state index contributed by atoms with van der Waals surface area (Å²) in [7, 11) is 4.17. The van der Waals surface area contributed by atoms with Gasteiger partial charge >= 0.3 is 5.97 Å². The molecule has 274 valence electrons. The first-order valence-electron chi connectivity index (χ1n) is 20.5. The van der Waals surface area contributed by atoms with Crippen LogP contribution in [0.25, 0.3) is 0 Å². The summed E-state index contributed by atoms with van der Waals surface area (Å²) in [5, 5.41) is 10.1. The summed E-state index contributed by atoms with van der Waals surface area (Å²) in [5.74, 6) is -0.397. The molecule has 0 fully saturated rings. The van der Waals surface area contributed by atoms with Crippen molar-refractivity contribution in [2.24, 2.45) is 11.8 Å². The Bertz CT molecular complexity index is 717. The van der Waals surface area contributed by atoms with Crippen LogP contribution in [0.2, 0.25) is 0 Å². The van der Waals surface area contributed by atoms with Crippen molar-refractivity contribution >= 4 is 5.97 Å². The van der Waals surface area contributed by atoms with E-state index in [9.17, 15) is 9.90 Å². The molecule has 3 nitrogen and oxygen atoms in total. The van der Waals surface area contributed by atoms with Gasteiger partial charge in [-0.3, -0.25) is 4.79 Å². The van der Waals surface area contributed by atoms with Gasteiger partial charge in [0.25, 0.3) is 0 Å². The van der Waals surface area contributed by atoms with Crippen molar-refractivity contribution in [2.75, 3.05) is 20.6 Å². The predicted octanol–water partition coefficient (Wildman–Crippen LogP) is 14.1. The third kappa shape index (κ3) is 34.1. The largest absolute Gasteiger partial charge is 0.481 e. The number of hydrogen-bond acceptors (Lipinski definition) is 2. The molecule has 1 N–H and O–H groups in total. The van der Waals surface area contributed by atoms with Crippen molar-refractivity contribution in [3.63, 3.8) is 0 Å². The van der Waals surface area contributed by atoms with Crippen LogP contribution in [0.5, 0.6) is 0 Å².